The van der Waals surface area contributed by atoms with Crippen LogP contribution in [0.15, 0.2) is 23.4 Å². The summed E-state index contributed by atoms with van der Waals surface area (Å²) in [5, 5.41) is 12.3. The van der Waals surface area contributed by atoms with Gasteiger partial charge < -0.3 is 10.1 Å². The van der Waals surface area contributed by atoms with Crippen molar-refractivity contribution in [3.05, 3.63) is 35.1 Å². The molecule has 1 aromatic rings. The predicted molar refractivity (Wildman–Crippen MR) is 74.7 cm³/mol. The third kappa shape index (κ3) is 2.81. The van der Waals surface area contributed by atoms with Crippen molar-refractivity contribution in [2.75, 3.05) is 13.1 Å². The predicted octanol–water partition coefficient (Wildman–Crippen LogP) is 2.84. The van der Waals surface area contributed by atoms with Crippen LogP contribution in [-0.2, 0) is 0 Å². The molecule has 1 fully saturated rings. The highest BCUT2D eigenvalue weighted by Gasteiger charge is 2.28. The van der Waals surface area contributed by atoms with Crippen LogP contribution in [0.5, 0.6) is 0 Å². The lowest BCUT2D eigenvalue weighted by atomic mass is 9.92. The number of aryl methyl sites for hydroxylation is 1. The van der Waals surface area contributed by atoms with Gasteiger partial charge in [-0.2, -0.15) is 0 Å². The van der Waals surface area contributed by atoms with Gasteiger partial charge >= 0.3 is 0 Å². The Balaban J connectivity index is 2.20. The van der Waals surface area contributed by atoms with Crippen molar-refractivity contribution < 1.29 is 14.4 Å². The average Bonchev–Trinajstić information content (AvgIpc) is 2.48. The van der Waals surface area contributed by atoms with Gasteiger partial charge in [0, 0.05) is 31.0 Å². The summed E-state index contributed by atoms with van der Waals surface area (Å²) in [5.41, 5.74) is 1.92. The highest BCUT2D eigenvalue weighted by Crippen LogP contribution is 2.21. The number of amides is 1. The molecule has 2 rings (SSSR count). The Hall–Kier alpha value is -1.91. The number of likely N-dealkylation sites (tertiary alicyclic amines) is 1. The summed E-state index contributed by atoms with van der Waals surface area (Å²) in [4.78, 5) is 14.2. The zero-order valence-corrected chi connectivity index (χ0v) is 11.8. The largest absolute Gasteiger partial charge is 0.411 e. The summed E-state index contributed by atoms with van der Waals surface area (Å²) >= 11 is 0. The Morgan fingerprint density at radius 1 is 1.55 bits per heavy atom. The molecule has 0 bridgehead atoms. The van der Waals surface area contributed by atoms with Crippen LogP contribution >= 0.6 is 0 Å². The van der Waals surface area contributed by atoms with Crippen LogP contribution in [-0.4, -0.2) is 34.8 Å². The standard InChI is InChI=1S/C15H19FN2O2/c1-3-11-9-18(7-6-14(11)17-20)15(19)13-8-12(16)5-4-10(13)2/h4-5,8,11,20H,3,6-7,9H2,1-2H3/b17-14+. The maximum atomic E-state index is 13.3. The summed E-state index contributed by atoms with van der Waals surface area (Å²) in [6.45, 7) is 4.82. The molecule has 0 aliphatic carbocycles. The van der Waals surface area contributed by atoms with Crippen LogP contribution in [0.2, 0.25) is 0 Å². The van der Waals surface area contributed by atoms with Crippen molar-refractivity contribution in [2.45, 2.75) is 26.7 Å². The molecule has 0 spiro atoms. The van der Waals surface area contributed by atoms with E-state index in [4.69, 9.17) is 5.21 Å². The fraction of sp³-hybridized carbons (Fsp3) is 0.467. The number of nitrogens with zero attached hydrogens (tertiary/aromatic N) is 2. The zero-order valence-electron chi connectivity index (χ0n) is 11.8. The third-order valence-corrected chi connectivity index (χ3v) is 3.89. The number of hydrogen-bond acceptors (Lipinski definition) is 3. The monoisotopic (exact) mass is 278 g/mol. The van der Waals surface area contributed by atoms with E-state index in [0.29, 0.717) is 25.1 Å². The van der Waals surface area contributed by atoms with E-state index in [1.54, 1.807) is 17.9 Å². The highest BCUT2D eigenvalue weighted by molar-refractivity contribution is 5.97. The van der Waals surface area contributed by atoms with E-state index in [0.717, 1.165) is 17.7 Å². The normalized spacial score (nSPS) is 21.2. The first-order chi connectivity index (χ1) is 9.56. The lowest BCUT2D eigenvalue weighted by Gasteiger charge is -2.33. The van der Waals surface area contributed by atoms with Crippen molar-refractivity contribution in [3.8, 4) is 0 Å². The fourth-order valence-corrected chi connectivity index (χ4v) is 2.59. The number of carbonyl (C=O) groups excluding carboxylic acids is 1. The Bertz CT molecular complexity index is 543. The molecule has 1 aliphatic rings. The number of rotatable bonds is 2. The molecule has 1 atom stereocenters. The second-order valence-corrected chi connectivity index (χ2v) is 5.16. The van der Waals surface area contributed by atoms with Gasteiger partial charge in [0.2, 0.25) is 0 Å². The van der Waals surface area contributed by atoms with Crippen molar-refractivity contribution in [2.24, 2.45) is 11.1 Å². The van der Waals surface area contributed by atoms with Crippen molar-refractivity contribution in [3.63, 3.8) is 0 Å². The van der Waals surface area contributed by atoms with E-state index in [-0.39, 0.29) is 11.8 Å². The molecule has 20 heavy (non-hydrogen) atoms. The molecule has 0 aromatic heterocycles. The zero-order chi connectivity index (χ0) is 14.7. The molecule has 1 heterocycles. The van der Waals surface area contributed by atoms with Crippen LogP contribution in [0.3, 0.4) is 0 Å². The van der Waals surface area contributed by atoms with Gasteiger partial charge in [0.15, 0.2) is 0 Å². The molecule has 0 radical (unpaired) electrons. The Labute approximate surface area is 117 Å². The smallest absolute Gasteiger partial charge is 0.254 e. The van der Waals surface area contributed by atoms with Crippen molar-refractivity contribution in [1.29, 1.82) is 0 Å². The quantitative estimate of drug-likeness (QED) is 0.668. The number of halogens is 1. The van der Waals surface area contributed by atoms with Crippen LogP contribution in [0.1, 0.15) is 35.7 Å². The van der Waals surface area contributed by atoms with Gasteiger partial charge in [0.25, 0.3) is 5.91 Å². The minimum Gasteiger partial charge on any atom is -0.411 e. The first kappa shape index (κ1) is 14.5. The van der Waals surface area contributed by atoms with Crippen LogP contribution in [0, 0.1) is 18.7 Å². The molecule has 1 unspecified atom stereocenters. The first-order valence-corrected chi connectivity index (χ1v) is 6.83. The van der Waals surface area contributed by atoms with E-state index in [2.05, 4.69) is 5.16 Å². The molecule has 1 aromatic carbocycles. The first-order valence-electron chi connectivity index (χ1n) is 6.83. The summed E-state index contributed by atoms with van der Waals surface area (Å²) in [5.74, 6) is -0.482. The van der Waals surface area contributed by atoms with Gasteiger partial charge in [0.1, 0.15) is 5.82 Å². The summed E-state index contributed by atoms with van der Waals surface area (Å²) < 4.78 is 13.3. The van der Waals surface area contributed by atoms with E-state index >= 15 is 0 Å². The number of carbonyl (C=O) groups is 1. The molecule has 108 valence electrons. The average molecular weight is 278 g/mol. The van der Waals surface area contributed by atoms with Crippen LogP contribution < -0.4 is 0 Å². The summed E-state index contributed by atoms with van der Waals surface area (Å²) in [6, 6.07) is 4.26. The molecule has 0 saturated carbocycles. The third-order valence-electron chi connectivity index (χ3n) is 3.89. The fourth-order valence-electron chi connectivity index (χ4n) is 2.59. The SMILES string of the molecule is CCC1CN(C(=O)c2cc(F)ccc2C)CC/C1=N\O. The molecule has 1 saturated heterocycles. The Morgan fingerprint density at radius 3 is 2.95 bits per heavy atom. The summed E-state index contributed by atoms with van der Waals surface area (Å²) in [6.07, 6.45) is 1.38. The van der Waals surface area contributed by atoms with Crippen molar-refractivity contribution in [1.82, 2.24) is 4.90 Å². The topological polar surface area (TPSA) is 52.9 Å². The highest BCUT2D eigenvalue weighted by atomic mass is 19.1. The number of hydrogen-bond donors (Lipinski definition) is 1. The minimum absolute atomic E-state index is 0.0755. The number of oxime groups is 1. The summed E-state index contributed by atoms with van der Waals surface area (Å²) in [7, 11) is 0. The lowest BCUT2D eigenvalue weighted by molar-refractivity contribution is 0.0727. The molecular formula is C15H19FN2O2. The Kier molecular flexibility index (Phi) is 4.37. The van der Waals surface area contributed by atoms with Gasteiger partial charge in [-0.1, -0.05) is 18.1 Å². The maximum Gasteiger partial charge on any atom is 0.254 e. The van der Waals surface area contributed by atoms with Gasteiger partial charge in [-0.05, 0) is 31.0 Å². The van der Waals surface area contributed by atoms with E-state index in [9.17, 15) is 9.18 Å². The molecule has 1 aliphatic heterocycles. The second kappa shape index (κ2) is 6.03. The second-order valence-electron chi connectivity index (χ2n) is 5.16. The lowest BCUT2D eigenvalue weighted by Crippen LogP contribution is -2.44. The molecule has 5 heteroatoms. The molecule has 1 amide bonds. The van der Waals surface area contributed by atoms with Crippen LogP contribution in [0.25, 0.3) is 0 Å². The van der Waals surface area contributed by atoms with Gasteiger partial charge in [-0.3, -0.25) is 4.79 Å². The molecule has 1 N–H and O–H groups in total. The number of benzene rings is 1. The van der Waals surface area contributed by atoms with E-state index < -0.39 is 5.82 Å². The van der Waals surface area contributed by atoms with Gasteiger partial charge in [0.05, 0.1) is 5.71 Å². The molecule has 4 nitrogen and oxygen atoms in total. The van der Waals surface area contributed by atoms with E-state index in [1.165, 1.54) is 12.1 Å². The van der Waals surface area contributed by atoms with Gasteiger partial charge in [-0.15, -0.1) is 0 Å². The number of piperidine rings is 1. The van der Waals surface area contributed by atoms with Crippen molar-refractivity contribution >= 4 is 11.6 Å². The van der Waals surface area contributed by atoms with E-state index in [1.807, 2.05) is 6.92 Å². The Morgan fingerprint density at radius 2 is 2.30 bits per heavy atom. The minimum atomic E-state index is -0.402. The van der Waals surface area contributed by atoms with Gasteiger partial charge in [-0.25, -0.2) is 4.39 Å². The molecular weight excluding hydrogens is 259 g/mol. The van der Waals surface area contributed by atoms with Crippen LogP contribution in [0.4, 0.5) is 4.39 Å². The maximum absolute atomic E-state index is 13.3.